The lowest BCUT2D eigenvalue weighted by Crippen LogP contribution is -2.20. The van der Waals surface area contributed by atoms with Gasteiger partial charge in [-0.3, -0.25) is 14.3 Å². The maximum Gasteiger partial charge on any atom is 0.250 e. The van der Waals surface area contributed by atoms with Crippen LogP contribution in [0.15, 0.2) is 86.2 Å². The fraction of sp³-hybridized carbons (Fsp3) is 0.0455. The summed E-state index contributed by atoms with van der Waals surface area (Å²) >= 11 is 8.02. The van der Waals surface area contributed by atoms with Crippen molar-refractivity contribution in [3.8, 4) is 22.8 Å². The summed E-state index contributed by atoms with van der Waals surface area (Å²) in [4.78, 5) is 16.5. The molecule has 0 unspecified atom stereocenters. The minimum absolute atomic E-state index is 0.0658. The van der Waals surface area contributed by atoms with Crippen LogP contribution in [0.5, 0.6) is 5.75 Å². The standard InChI is InChI=1S/C22H16Br2N6O2S/c23-16-3-6-18(7-4-16)30-21(14-2-1-9-25-11-14)28-29-22(30)33-13-20(32)27-26-12-15-10-17(24)5-8-19(15)31/h1-12,31H,13H2,(H,27,32)/b26-12+. The van der Waals surface area contributed by atoms with Crippen LogP contribution >= 0.6 is 43.6 Å². The SMILES string of the molecule is O=C(CSc1nnc(-c2cccnc2)n1-c1ccc(Br)cc1)N/N=C/c1cc(Br)ccc1O. The fourth-order valence-corrected chi connectivity index (χ4v) is 4.22. The summed E-state index contributed by atoms with van der Waals surface area (Å²) in [6.45, 7) is 0. The summed E-state index contributed by atoms with van der Waals surface area (Å²) in [6, 6.07) is 16.4. The van der Waals surface area contributed by atoms with Crippen LogP contribution in [-0.2, 0) is 4.79 Å². The summed E-state index contributed by atoms with van der Waals surface area (Å²) in [5.74, 6) is 0.440. The first kappa shape index (κ1) is 23.1. The highest BCUT2D eigenvalue weighted by atomic mass is 79.9. The van der Waals surface area contributed by atoms with Crippen LogP contribution in [0.4, 0.5) is 0 Å². The zero-order valence-corrected chi connectivity index (χ0v) is 20.9. The maximum atomic E-state index is 12.3. The number of amides is 1. The summed E-state index contributed by atoms with van der Waals surface area (Å²) in [6.07, 6.45) is 4.79. The number of benzene rings is 2. The number of aromatic nitrogens is 4. The molecule has 2 N–H and O–H groups in total. The van der Waals surface area contributed by atoms with Gasteiger partial charge in [0.2, 0.25) is 0 Å². The van der Waals surface area contributed by atoms with Crippen molar-refractivity contribution in [3.05, 3.63) is 81.5 Å². The van der Waals surface area contributed by atoms with Crippen LogP contribution in [0.1, 0.15) is 5.56 Å². The number of hydrogen-bond donors (Lipinski definition) is 2. The molecule has 0 atom stereocenters. The van der Waals surface area contributed by atoms with Gasteiger partial charge in [-0.05, 0) is 54.6 Å². The lowest BCUT2D eigenvalue weighted by atomic mass is 10.2. The average molecular weight is 588 g/mol. The number of hydrogen-bond acceptors (Lipinski definition) is 7. The zero-order chi connectivity index (χ0) is 23.2. The molecule has 2 heterocycles. The first-order valence-electron chi connectivity index (χ1n) is 9.56. The van der Waals surface area contributed by atoms with Crippen molar-refractivity contribution >= 4 is 55.7 Å². The highest BCUT2D eigenvalue weighted by Gasteiger charge is 2.17. The Morgan fingerprint density at radius 3 is 2.67 bits per heavy atom. The molecule has 0 saturated carbocycles. The first-order valence-corrected chi connectivity index (χ1v) is 12.1. The lowest BCUT2D eigenvalue weighted by Gasteiger charge is -2.10. The van der Waals surface area contributed by atoms with E-state index in [-0.39, 0.29) is 17.4 Å². The summed E-state index contributed by atoms with van der Waals surface area (Å²) in [5.41, 5.74) is 4.61. The van der Waals surface area contributed by atoms with Gasteiger partial charge in [-0.15, -0.1) is 10.2 Å². The smallest absolute Gasteiger partial charge is 0.250 e. The van der Waals surface area contributed by atoms with E-state index in [0.717, 1.165) is 20.2 Å². The minimum atomic E-state index is -0.320. The number of aromatic hydroxyl groups is 1. The van der Waals surface area contributed by atoms with Gasteiger partial charge in [-0.1, -0.05) is 43.6 Å². The Morgan fingerprint density at radius 2 is 1.91 bits per heavy atom. The van der Waals surface area contributed by atoms with Gasteiger partial charge >= 0.3 is 0 Å². The number of nitrogens with zero attached hydrogens (tertiary/aromatic N) is 5. The normalized spacial score (nSPS) is 11.1. The van der Waals surface area contributed by atoms with Gasteiger partial charge in [-0.2, -0.15) is 5.10 Å². The van der Waals surface area contributed by atoms with Crippen molar-refractivity contribution in [3.63, 3.8) is 0 Å². The van der Waals surface area contributed by atoms with Crippen molar-refractivity contribution in [2.24, 2.45) is 5.10 Å². The van der Waals surface area contributed by atoms with Gasteiger partial charge < -0.3 is 5.11 Å². The molecule has 2 aromatic heterocycles. The van der Waals surface area contributed by atoms with Gasteiger partial charge in [-0.25, -0.2) is 5.43 Å². The van der Waals surface area contributed by atoms with Crippen LogP contribution in [-0.4, -0.2) is 42.7 Å². The van der Waals surface area contributed by atoms with Gasteiger partial charge in [0.15, 0.2) is 11.0 Å². The van der Waals surface area contributed by atoms with E-state index in [1.165, 1.54) is 24.0 Å². The molecule has 0 fully saturated rings. The topological polar surface area (TPSA) is 105 Å². The minimum Gasteiger partial charge on any atom is -0.507 e. The number of thioether (sulfide) groups is 1. The van der Waals surface area contributed by atoms with Gasteiger partial charge in [0.25, 0.3) is 5.91 Å². The van der Waals surface area contributed by atoms with E-state index in [9.17, 15) is 9.90 Å². The van der Waals surface area contributed by atoms with Crippen molar-refractivity contribution in [2.75, 3.05) is 5.75 Å². The third-order valence-electron chi connectivity index (χ3n) is 4.35. The molecule has 0 saturated heterocycles. The number of halogens is 2. The Morgan fingerprint density at radius 1 is 1.12 bits per heavy atom. The summed E-state index contributed by atoms with van der Waals surface area (Å²) in [7, 11) is 0. The number of rotatable bonds is 7. The number of pyridine rings is 1. The Hall–Kier alpha value is -3.02. The molecule has 4 aromatic rings. The number of nitrogens with one attached hydrogen (secondary N) is 1. The van der Waals surface area contributed by atoms with Crippen molar-refractivity contribution in [2.45, 2.75) is 5.16 Å². The molecule has 1 amide bonds. The average Bonchev–Trinajstić information content (AvgIpc) is 3.25. The number of carbonyl (C=O) groups is 1. The van der Waals surface area contributed by atoms with Gasteiger partial charge in [0.1, 0.15) is 5.75 Å². The summed E-state index contributed by atoms with van der Waals surface area (Å²) < 4.78 is 3.62. The maximum absolute atomic E-state index is 12.3. The van der Waals surface area contributed by atoms with Gasteiger partial charge in [0.05, 0.1) is 12.0 Å². The predicted octanol–water partition coefficient (Wildman–Crippen LogP) is 4.80. The van der Waals surface area contributed by atoms with E-state index in [0.29, 0.717) is 16.5 Å². The number of hydrazone groups is 1. The Labute approximate surface area is 210 Å². The molecule has 166 valence electrons. The molecule has 0 aliphatic carbocycles. The molecule has 11 heteroatoms. The van der Waals surface area contributed by atoms with Crippen LogP contribution < -0.4 is 5.43 Å². The van der Waals surface area contributed by atoms with E-state index in [1.54, 1.807) is 24.5 Å². The molecule has 0 aliphatic heterocycles. The van der Waals surface area contributed by atoms with Crippen molar-refractivity contribution in [1.29, 1.82) is 0 Å². The monoisotopic (exact) mass is 586 g/mol. The third kappa shape index (κ3) is 5.86. The first-order chi connectivity index (χ1) is 16.0. The van der Waals surface area contributed by atoms with Crippen molar-refractivity contribution in [1.82, 2.24) is 25.2 Å². The number of phenolic OH excluding ortho intramolecular Hbond substituents is 1. The van der Waals surface area contributed by atoms with E-state index in [4.69, 9.17) is 0 Å². The predicted molar refractivity (Wildman–Crippen MR) is 135 cm³/mol. The second kappa shape index (κ2) is 10.7. The highest BCUT2D eigenvalue weighted by Crippen LogP contribution is 2.28. The molecule has 0 radical (unpaired) electrons. The Balaban J connectivity index is 1.50. The van der Waals surface area contributed by atoms with Gasteiger partial charge in [0, 0.05) is 38.2 Å². The molecular weight excluding hydrogens is 572 g/mol. The second-order valence-electron chi connectivity index (χ2n) is 6.64. The molecule has 0 spiro atoms. The molecular formula is C22H16Br2N6O2S. The van der Waals surface area contributed by atoms with E-state index >= 15 is 0 Å². The molecule has 8 nitrogen and oxygen atoms in total. The van der Waals surface area contributed by atoms with Crippen LogP contribution in [0.2, 0.25) is 0 Å². The second-order valence-corrected chi connectivity index (χ2v) is 9.42. The lowest BCUT2D eigenvalue weighted by molar-refractivity contribution is -0.118. The molecule has 33 heavy (non-hydrogen) atoms. The Kier molecular flexibility index (Phi) is 7.53. The highest BCUT2D eigenvalue weighted by molar-refractivity contribution is 9.10. The molecule has 4 rings (SSSR count). The van der Waals surface area contributed by atoms with E-state index < -0.39 is 0 Å². The quantitative estimate of drug-likeness (QED) is 0.183. The molecule has 0 bridgehead atoms. The number of carbonyl (C=O) groups excluding carboxylic acids is 1. The van der Waals surface area contributed by atoms with Crippen LogP contribution in [0, 0.1) is 0 Å². The van der Waals surface area contributed by atoms with Crippen LogP contribution in [0.25, 0.3) is 17.1 Å². The third-order valence-corrected chi connectivity index (χ3v) is 6.30. The molecule has 2 aromatic carbocycles. The largest absolute Gasteiger partial charge is 0.507 e. The van der Waals surface area contributed by atoms with Crippen LogP contribution in [0.3, 0.4) is 0 Å². The fourth-order valence-electron chi connectivity index (χ4n) is 2.83. The van der Waals surface area contributed by atoms with E-state index in [2.05, 4.69) is 57.6 Å². The molecule has 0 aliphatic rings. The zero-order valence-electron chi connectivity index (χ0n) is 16.9. The number of phenols is 1. The van der Waals surface area contributed by atoms with E-state index in [1.807, 2.05) is 41.0 Å². The Bertz CT molecular complexity index is 1300. The summed E-state index contributed by atoms with van der Waals surface area (Å²) in [5, 5.41) is 23.0. The van der Waals surface area contributed by atoms with Crippen molar-refractivity contribution < 1.29 is 9.90 Å².